The third kappa shape index (κ3) is 6.27. The molecule has 1 heterocycles. The number of nitrogens with one attached hydrogen (secondary N) is 2. The molecule has 0 fully saturated rings. The summed E-state index contributed by atoms with van der Waals surface area (Å²) in [4.78, 5) is 12.1. The third-order valence-corrected chi connectivity index (χ3v) is 3.62. The van der Waals surface area contributed by atoms with Gasteiger partial charge in [0.2, 0.25) is 5.91 Å². The van der Waals surface area contributed by atoms with Gasteiger partial charge in [0.25, 0.3) is 0 Å². The van der Waals surface area contributed by atoms with Crippen LogP contribution in [0.25, 0.3) is 0 Å². The number of carbonyl (C=O) groups is 1. The zero-order chi connectivity index (χ0) is 20.2. The van der Waals surface area contributed by atoms with Crippen molar-refractivity contribution in [2.75, 3.05) is 26.6 Å². The predicted octanol–water partition coefficient (Wildman–Crippen LogP) is 2.48. The Morgan fingerprint density at radius 2 is 1.54 bits per heavy atom. The number of tetrazole rings is 1. The Balaban J connectivity index is 0.000000397. The van der Waals surface area contributed by atoms with Crippen LogP contribution >= 0.6 is 0 Å². The number of aryl methyl sites for hydroxylation is 1. The van der Waals surface area contributed by atoms with Gasteiger partial charge in [-0.1, -0.05) is 36.4 Å². The molecular weight excluding hydrogens is 362 g/mol. The first-order valence-electron chi connectivity index (χ1n) is 8.50. The molecule has 2 N–H and O–H groups in total. The first-order chi connectivity index (χ1) is 13.7. The van der Waals surface area contributed by atoms with Crippen LogP contribution in [-0.4, -0.2) is 47.9 Å². The van der Waals surface area contributed by atoms with E-state index < -0.39 is 0 Å². The largest absolute Gasteiger partial charge is 0.496 e. The molecule has 0 saturated carbocycles. The van der Waals surface area contributed by atoms with Crippen molar-refractivity contribution < 1.29 is 19.0 Å². The van der Waals surface area contributed by atoms with E-state index in [0.717, 1.165) is 0 Å². The van der Waals surface area contributed by atoms with Gasteiger partial charge in [-0.2, -0.15) is 0 Å². The van der Waals surface area contributed by atoms with E-state index in [1.807, 2.05) is 36.4 Å². The molecule has 28 heavy (non-hydrogen) atoms. The highest BCUT2D eigenvalue weighted by atomic mass is 16.5. The summed E-state index contributed by atoms with van der Waals surface area (Å²) in [5.41, 5.74) is 0.450. The van der Waals surface area contributed by atoms with Gasteiger partial charge in [0, 0.05) is 25.0 Å². The van der Waals surface area contributed by atoms with E-state index >= 15 is 0 Å². The number of hydrogen-bond donors (Lipinski definition) is 2. The number of benzene rings is 2. The lowest BCUT2D eigenvalue weighted by Gasteiger charge is -2.15. The number of aromatic nitrogens is 4. The minimum Gasteiger partial charge on any atom is -0.496 e. The van der Waals surface area contributed by atoms with Crippen molar-refractivity contribution in [1.82, 2.24) is 20.6 Å². The van der Waals surface area contributed by atoms with Crippen LogP contribution in [0.1, 0.15) is 12.2 Å². The molecule has 148 valence electrons. The SMILES string of the molecule is COc1cc(OC)c(NC(=O)CCc2nnn[nH]2)c(OC)c1.c1ccccc1. The van der Waals surface area contributed by atoms with Gasteiger partial charge in [-0.3, -0.25) is 4.79 Å². The number of hydrogen-bond acceptors (Lipinski definition) is 7. The minimum atomic E-state index is -0.210. The van der Waals surface area contributed by atoms with E-state index in [1.54, 1.807) is 12.1 Å². The Kier molecular flexibility index (Phi) is 8.25. The van der Waals surface area contributed by atoms with Crippen LogP contribution in [0.3, 0.4) is 0 Å². The van der Waals surface area contributed by atoms with Crippen LogP contribution in [0.2, 0.25) is 0 Å². The van der Waals surface area contributed by atoms with Crippen LogP contribution in [0.15, 0.2) is 48.5 Å². The maximum Gasteiger partial charge on any atom is 0.225 e. The van der Waals surface area contributed by atoms with Gasteiger partial charge >= 0.3 is 0 Å². The Hall–Kier alpha value is -3.62. The molecule has 3 aromatic rings. The Labute approximate surface area is 163 Å². The number of nitrogens with zero attached hydrogens (tertiary/aromatic N) is 3. The molecule has 0 bridgehead atoms. The van der Waals surface area contributed by atoms with Gasteiger partial charge in [0.15, 0.2) is 0 Å². The minimum absolute atomic E-state index is 0.210. The van der Waals surface area contributed by atoms with E-state index in [1.165, 1.54) is 21.3 Å². The molecule has 1 amide bonds. The molecule has 0 saturated heterocycles. The molecule has 1 aromatic heterocycles. The number of carbonyl (C=O) groups excluding carboxylic acids is 1. The zero-order valence-corrected chi connectivity index (χ0v) is 16.0. The summed E-state index contributed by atoms with van der Waals surface area (Å²) in [6.07, 6.45) is 0.620. The van der Waals surface area contributed by atoms with Crippen LogP contribution in [-0.2, 0) is 11.2 Å². The lowest BCUT2D eigenvalue weighted by molar-refractivity contribution is -0.116. The number of aromatic amines is 1. The van der Waals surface area contributed by atoms with Gasteiger partial charge in [-0.05, 0) is 10.4 Å². The molecule has 9 nitrogen and oxygen atoms in total. The molecule has 0 spiro atoms. The number of ether oxygens (including phenoxy) is 3. The highest BCUT2D eigenvalue weighted by Crippen LogP contribution is 2.38. The van der Waals surface area contributed by atoms with Crippen molar-refractivity contribution in [3.8, 4) is 17.2 Å². The molecule has 0 radical (unpaired) electrons. The highest BCUT2D eigenvalue weighted by Gasteiger charge is 2.16. The molecular formula is C19H23N5O4. The van der Waals surface area contributed by atoms with Crippen molar-refractivity contribution in [1.29, 1.82) is 0 Å². The molecule has 0 aliphatic carbocycles. The Morgan fingerprint density at radius 1 is 0.964 bits per heavy atom. The van der Waals surface area contributed by atoms with Crippen molar-refractivity contribution in [2.45, 2.75) is 12.8 Å². The Bertz CT molecular complexity index is 789. The quantitative estimate of drug-likeness (QED) is 0.643. The van der Waals surface area contributed by atoms with Crippen LogP contribution in [0, 0.1) is 0 Å². The number of methoxy groups -OCH3 is 3. The maximum absolute atomic E-state index is 12.1. The number of H-pyrrole nitrogens is 1. The van der Waals surface area contributed by atoms with Crippen molar-refractivity contribution in [3.05, 3.63) is 54.4 Å². The van der Waals surface area contributed by atoms with E-state index in [9.17, 15) is 4.79 Å². The summed E-state index contributed by atoms with van der Waals surface area (Å²) in [7, 11) is 4.55. The van der Waals surface area contributed by atoms with Gasteiger partial charge < -0.3 is 19.5 Å². The maximum atomic E-state index is 12.1. The average molecular weight is 385 g/mol. The summed E-state index contributed by atoms with van der Waals surface area (Å²) < 4.78 is 15.7. The van der Waals surface area contributed by atoms with Crippen LogP contribution in [0.5, 0.6) is 17.2 Å². The number of rotatable bonds is 7. The second-order valence-electron chi connectivity index (χ2n) is 5.46. The molecule has 0 unspecified atom stereocenters. The average Bonchev–Trinajstić information content (AvgIpc) is 3.27. The molecule has 2 aromatic carbocycles. The van der Waals surface area contributed by atoms with Gasteiger partial charge in [-0.15, -0.1) is 5.10 Å². The lowest BCUT2D eigenvalue weighted by atomic mass is 10.2. The van der Waals surface area contributed by atoms with Crippen molar-refractivity contribution in [3.63, 3.8) is 0 Å². The monoisotopic (exact) mass is 385 g/mol. The normalized spacial score (nSPS) is 9.68. The van der Waals surface area contributed by atoms with E-state index in [-0.39, 0.29) is 12.3 Å². The lowest BCUT2D eigenvalue weighted by Crippen LogP contribution is -2.14. The van der Waals surface area contributed by atoms with Gasteiger partial charge in [0.05, 0.1) is 21.3 Å². The second-order valence-corrected chi connectivity index (χ2v) is 5.46. The molecule has 0 atom stereocenters. The first-order valence-corrected chi connectivity index (χ1v) is 8.50. The summed E-state index contributed by atoms with van der Waals surface area (Å²) in [5.74, 6) is 1.80. The summed E-state index contributed by atoms with van der Waals surface area (Å²) >= 11 is 0. The molecule has 9 heteroatoms. The summed E-state index contributed by atoms with van der Waals surface area (Å²) in [6, 6.07) is 15.3. The number of amides is 1. The van der Waals surface area contributed by atoms with Gasteiger partial charge in [-0.25, -0.2) is 5.10 Å². The highest BCUT2D eigenvalue weighted by molar-refractivity contribution is 5.94. The molecule has 3 rings (SSSR count). The molecule has 0 aliphatic heterocycles. The van der Waals surface area contributed by atoms with E-state index in [4.69, 9.17) is 14.2 Å². The smallest absolute Gasteiger partial charge is 0.225 e. The summed E-state index contributed by atoms with van der Waals surface area (Å²) in [6.45, 7) is 0. The fraction of sp³-hybridized carbons (Fsp3) is 0.263. The first kappa shape index (κ1) is 20.7. The van der Waals surface area contributed by atoms with Gasteiger partial charge in [0.1, 0.15) is 28.8 Å². The van der Waals surface area contributed by atoms with Crippen LogP contribution < -0.4 is 19.5 Å². The van der Waals surface area contributed by atoms with Crippen molar-refractivity contribution >= 4 is 11.6 Å². The Morgan fingerprint density at radius 3 is 1.96 bits per heavy atom. The number of anilines is 1. The zero-order valence-electron chi connectivity index (χ0n) is 16.0. The van der Waals surface area contributed by atoms with Crippen molar-refractivity contribution in [2.24, 2.45) is 0 Å². The molecule has 0 aliphatic rings. The third-order valence-electron chi connectivity index (χ3n) is 3.62. The second kappa shape index (κ2) is 11.2. The summed E-state index contributed by atoms with van der Waals surface area (Å²) in [5, 5.41) is 16.0. The fourth-order valence-electron chi connectivity index (χ4n) is 2.23. The van der Waals surface area contributed by atoms with Crippen LogP contribution in [0.4, 0.5) is 5.69 Å². The van der Waals surface area contributed by atoms with E-state index in [0.29, 0.717) is 35.2 Å². The van der Waals surface area contributed by atoms with E-state index in [2.05, 4.69) is 25.9 Å². The fourth-order valence-corrected chi connectivity index (χ4v) is 2.23. The topological polar surface area (TPSA) is 111 Å². The predicted molar refractivity (Wildman–Crippen MR) is 104 cm³/mol. The standard InChI is InChI=1S/C13H17N5O4.C6H6/c1-20-8-6-9(21-2)13(10(7-8)22-3)14-12(19)5-4-11-15-17-18-16-11;1-2-4-6-5-3-1/h6-7H,4-5H2,1-3H3,(H,14,19)(H,15,16,17,18);1-6H.